The van der Waals surface area contributed by atoms with E-state index < -0.39 is 10.0 Å². The first kappa shape index (κ1) is 21.5. The maximum atomic E-state index is 11.5. The second kappa shape index (κ2) is 9.97. The first-order valence-corrected chi connectivity index (χ1v) is 11.1. The van der Waals surface area contributed by atoms with Crippen LogP contribution in [0.4, 0.5) is 5.69 Å². The zero-order valence-corrected chi connectivity index (χ0v) is 17.6. The molecule has 0 aliphatic carbocycles. The smallest absolute Gasteiger partial charge is 0.231 e. The molecule has 1 unspecified atom stereocenters. The Hall–Kier alpha value is -1.76. The molecular formula is C20H27ClN2O3S. The van der Waals surface area contributed by atoms with Crippen molar-refractivity contribution in [3.63, 3.8) is 0 Å². The Labute approximate surface area is 167 Å². The van der Waals surface area contributed by atoms with Crippen LogP contribution in [0, 0.1) is 0 Å². The predicted molar refractivity (Wildman–Crippen MR) is 112 cm³/mol. The van der Waals surface area contributed by atoms with Crippen molar-refractivity contribution >= 4 is 27.3 Å². The van der Waals surface area contributed by atoms with Gasteiger partial charge in [-0.25, -0.2) is 8.42 Å². The van der Waals surface area contributed by atoms with Gasteiger partial charge in [0.05, 0.1) is 18.6 Å². The van der Waals surface area contributed by atoms with Crippen molar-refractivity contribution in [1.29, 1.82) is 0 Å². The van der Waals surface area contributed by atoms with Gasteiger partial charge in [-0.1, -0.05) is 23.7 Å². The van der Waals surface area contributed by atoms with E-state index in [1.165, 1.54) is 23.2 Å². The number of halogens is 1. The SMILES string of the molecule is CC(Cc1cccc(Cl)c1)NCCCOc1ccc(N(C)S(C)(=O)=O)cc1. The lowest BCUT2D eigenvalue weighted by molar-refractivity contribution is 0.305. The van der Waals surface area contributed by atoms with Gasteiger partial charge in [0.25, 0.3) is 0 Å². The van der Waals surface area contributed by atoms with E-state index in [0.717, 1.165) is 30.2 Å². The molecule has 5 nitrogen and oxygen atoms in total. The summed E-state index contributed by atoms with van der Waals surface area (Å²) in [4.78, 5) is 0. The molecule has 1 N–H and O–H groups in total. The Kier molecular flexibility index (Phi) is 7.95. The first-order valence-electron chi connectivity index (χ1n) is 8.90. The number of benzene rings is 2. The van der Waals surface area contributed by atoms with Crippen LogP contribution in [-0.4, -0.2) is 40.9 Å². The van der Waals surface area contributed by atoms with E-state index in [9.17, 15) is 8.42 Å². The van der Waals surface area contributed by atoms with Gasteiger partial charge < -0.3 is 10.1 Å². The predicted octanol–water partition coefficient (Wildman–Crippen LogP) is 3.73. The largest absolute Gasteiger partial charge is 0.494 e. The molecule has 0 bridgehead atoms. The van der Waals surface area contributed by atoms with E-state index in [-0.39, 0.29) is 0 Å². The minimum atomic E-state index is -3.25. The van der Waals surface area contributed by atoms with Crippen LogP contribution in [0.1, 0.15) is 18.9 Å². The fourth-order valence-electron chi connectivity index (χ4n) is 2.64. The van der Waals surface area contributed by atoms with Gasteiger partial charge in [-0.2, -0.15) is 0 Å². The molecule has 0 fully saturated rings. The van der Waals surface area contributed by atoms with Crippen LogP contribution >= 0.6 is 11.6 Å². The normalized spacial score (nSPS) is 12.6. The molecule has 0 aromatic heterocycles. The molecule has 0 saturated carbocycles. The second-order valence-electron chi connectivity index (χ2n) is 6.62. The number of anilines is 1. The van der Waals surface area contributed by atoms with Crippen LogP contribution in [-0.2, 0) is 16.4 Å². The standard InChI is InChI=1S/C20H27ClN2O3S/c1-16(14-17-6-4-7-18(21)15-17)22-12-5-13-26-20-10-8-19(9-11-20)23(2)27(3,24)25/h4,6-11,15-16,22H,5,12-14H2,1-3H3. The number of sulfonamides is 1. The van der Waals surface area contributed by atoms with E-state index >= 15 is 0 Å². The number of nitrogens with one attached hydrogen (secondary N) is 1. The summed E-state index contributed by atoms with van der Waals surface area (Å²) < 4.78 is 30.0. The molecular weight excluding hydrogens is 384 g/mol. The quantitative estimate of drug-likeness (QED) is 0.606. The van der Waals surface area contributed by atoms with E-state index in [1.807, 2.05) is 18.2 Å². The Morgan fingerprint density at radius 3 is 2.52 bits per heavy atom. The Balaban J connectivity index is 1.68. The number of ether oxygens (including phenoxy) is 1. The van der Waals surface area contributed by atoms with E-state index in [2.05, 4.69) is 18.3 Å². The molecule has 0 radical (unpaired) electrons. The lowest BCUT2D eigenvalue weighted by Crippen LogP contribution is -2.29. The molecule has 0 amide bonds. The summed E-state index contributed by atoms with van der Waals surface area (Å²) in [5, 5.41) is 4.25. The summed E-state index contributed by atoms with van der Waals surface area (Å²) >= 11 is 6.01. The van der Waals surface area contributed by atoms with Crippen molar-refractivity contribution in [3.05, 3.63) is 59.1 Å². The molecule has 1 atom stereocenters. The summed E-state index contributed by atoms with van der Waals surface area (Å²) in [5.41, 5.74) is 1.83. The van der Waals surface area contributed by atoms with Gasteiger partial charge in [-0.05, 0) is 68.3 Å². The maximum absolute atomic E-state index is 11.5. The Morgan fingerprint density at radius 1 is 1.19 bits per heavy atom. The average molecular weight is 411 g/mol. The van der Waals surface area contributed by atoms with Crippen molar-refractivity contribution in [3.8, 4) is 5.75 Å². The van der Waals surface area contributed by atoms with Crippen molar-refractivity contribution in [1.82, 2.24) is 5.32 Å². The molecule has 7 heteroatoms. The lowest BCUT2D eigenvalue weighted by Gasteiger charge is -2.17. The van der Waals surface area contributed by atoms with E-state index in [0.29, 0.717) is 18.3 Å². The summed E-state index contributed by atoms with van der Waals surface area (Å²) in [6.45, 7) is 3.60. The average Bonchev–Trinajstić information content (AvgIpc) is 2.60. The van der Waals surface area contributed by atoms with Gasteiger partial charge in [0.2, 0.25) is 10.0 Å². The highest BCUT2D eigenvalue weighted by molar-refractivity contribution is 7.92. The topological polar surface area (TPSA) is 58.6 Å². The minimum Gasteiger partial charge on any atom is -0.494 e. The molecule has 2 aromatic rings. The number of rotatable bonds is 10. The highest BCUT2D eigenvalue weighted by Crippen LogP contribution is 2.20. The third-order valence-electron chi connectivity index (χ3n) is 4.21. The summed E-state index contributed by atoms with van der Waals surface area (Å²) in [6.07, 6.45) is 2.99. The third kappa shape index (κ3) is 7.40. The van der Waals surface area contributed by atoms with Crippen LogP contribution in [0.15, 0.2) is 48.5 Å². The maximum Gasteiger partial charge on any atom is 0.231 e. The van der Waals surface area contributed by atoms with Crippen LogP contribution in [0.25, 0.3) is 0 Å². The summed E-state index contributed by atoms with van der Waals surface area (Å²) in [6, 6.07) is 15.3. The van der Waals surface area contributed by atoms with Crippen LogP contribution in [0.5, 0.6) is 5.75 Å². The highest BCUT2D eigenvalue weighted by atomic mass is 35.5. The zero-order chi connectivity index (χ0) is 19.9. The molecule has 0 saturated heterocycles. The summed E-state index contributed by atoms with van der Waals surface area (Å²) in [7, 11) is -1.72. The lowest BCUT2D eigenvalue weighted by atomic mass is 10.1. The van der Waals surface area contributed by atoms with Crippen molar-refractivity contribution in [2.45, 2.75) is 25.8 Å². The monoisotopic (exact) mass is 410 g/mol. The van der Waals surface area contributed by atoms with Crippen molar-refractivity contribution in [2.75, 3.05) is 30.8 Å². The van der Waals surface area contributed by atoms with Gasteiger partial charge in [-0.15, -0.1) is 0 Å². The van der Waals surface area contributed by atoms with Crippen LogP contribution < -0.4 is 14.4 Å². The van der Waals surface area contributed by atoms with Crippen LogP contribution in [0.3, 0.4) is 0 Å². The van der Waals surface area contributed by atoms with Gasteiger partial charge in [-0.3, -0.25) is 4.31 Å². The third-order valence-corrected chi connectivity index (χ3v) is 5.65. The Bertz CT molecular complexity index is 825. The molecule has 0 aliphatic rings. The van der Waals surface area contributed by atoms with Gasteiger partial charge in [0, 0.05) is 18.1 Å². The molecule has 148 valence electrons. The molecule has 27 heavy (non-hydrogen) atoms. The van der Waals surface area contributed by atoms with Crippen molar-refractivity contribution < 1.29 is 13.2 Å². The molecule has 0 heterocycles. The zero-order valence-electron chi connectivity index (χ0n) is 16.0. The van der Waals surface area contributed by atoms with Gasteiger partial charge in [0.15, 0.2) is 0 Å². The van der Waals surface area contributed by atoms with E-state index in [1.54, 1.807) is 24.3 Å². The molecule has 2 aromatic carbocycles. The molecule has 2 rings (SSSR count). The number of nitrogens with zero attached hydrogens (tertiary/aromatic N) is 1. The van der Waals surface area contributed by atoms with Gasteiger partial charge >= 0.3 is 0 Å². The van der Waals surface area contributed by atoms with E-state index in [4.69, 9.17) is 16.3 Å². The molecule has 0 spiro atoms. The minimum absolute atomic E-state index is 0.356. The highest BCUT2D eigenvalue weighted by Gasteiger charge is 2.11. The summed E-state index contributed by atoms with van der Waals surface area (Å²) in [5.74, 6) is 0.729. The molecule has 0 aliphatic heterocycles. The fourth-order valence-corrected chi connectivity index (χ4v) is 3.36. The van der Waals surface area contributed by atoms with Crippen LogP contribution in [0.2, 0.25) is 5.02 Å². The fraction of sp³-hybridized carbons (Fsp3) is 0.400. The number of hydrogen-bond donors (Lipinski definition) is 1. The van der Waals surface area contributed by atoms with Crippen molar-refractivity contribution in [2.24, 2.45) is 0 Å². The first-order chi connectivity index (χ1) is 12.8. The van der Waals surface area contributed by atoms with Gasteiger partial charge in [0.1, 0.15) is 5.75 Å². The number of hydrogen-bond acceptors (Lipinski definition) is 4. The Morgan fingerprint density at radius 2 is 1.89 bits per heavy atom. The second-order valence-corrected chi connectivity index (χ2v) is 9.07.